The van der Waals surface area contributed by atoms with Gasteiger partial charge in [0.1, 0.15) is 56.8 Å². The highest BCUT2D eigenvalue weighted by Crippen LogP contribution is 2.44. The molecule has 5 rings (SSSR count). The topological polar surface area (TPSA) is 46.2 Å². The molecular formula is C120H220O5. The Labute approximate surface area is 785 Å². The molecule has 0 radical (unpaired) electrons. The lowest BCUT2D eigenvalue weighted by Gasteiger charge is -2.30. The summed E-state index contributed by atoms with van der Waals surface area (Å²) in [7, 11) is 0. The van der Waals surface area contributed by atoms with Gasteiger partial charge in [-0.1, -0.05) is 398 Å². The van der Waals surface area contributed by atoms with E-state index in [4.69, 9.17) is 23.7 Å². The number of benzene rings is 5. The lowest BCUT2D eigenvalue weighted by Crippen LogP contribution is -2.26. The molecule has 5 heteroatoms. The van der Waals surface area contributed by atoms with Gasteiger partial charge in [0.25, 0.3) is 0 Å². The van der Waals surface area contributed by atoms with Crippen LogP contribution in [-0.2, 0) is 64.2 Å². The minimum atomic E-state index is -0.172. The van der Waals surface area contributed by atoms with Crippen LogP contribution in [-0.4, -0.2) is 28.0 Å². The molecule has 5 aromatic carbocycles. The summed E-state index contributed by atoms with van der Waals surface area (Å²) in [6, 6.07) is 23.0. The fraction of sp³-hybridized carbons (Fsp3) is 0.750. The third-order valence-corrected chi connectivity index (χ3v) is 16.2. The molecule has 0 atom stereocenters. The molecule has 0 bridgehead atoms. The van der Waals surface area contributed by atoms with Crippen LogP contribution in [0.5, 0.6) is 28.7 Å². The van der Waals surface area contributed by atoms with Gasteiger partial charge in [0, 0.05) is 0 Å². The van der Waals surface area contributed by atoms with Crippen molar-refractivity contribution < 1.29 is 23.7 Å². The van der Waals surface area contributed by atoms with Gasteiger partial charge in [-0.05, 0) is 312 Å². The number of ether oxygens (including phenoxy) is 5. The molecule has 0 fully saturated rings. The third-order valence-electron chi connectivity index (χ3n) is 16.2. The van der Waals surface area contributed by atoms with E-state index in [0.717, 1.165) is 93.0 Å². The zero-order valence-corrected chi connectivity index (χ0v) is 95.9. The van der Waals surface area contributed by atoms with Gasteiger partial charge in [-0.15, -0.1) is 0 Å². The normalized spacial score (nSPS) is 12.5. The molecular weight excluding hydrogens is 1520 g/mol. The maximum atomic E-state index is 6.41. The first kappa shape index (κ1) is 129. The van der Waals surface area contributed by atoms with Crippen molar-refractivity contribution in [3.8, 4) is 28.7 Å². The summed E-state index contributed by atoms with van der Waals surface area (Å²) in [4.78, 5) is 0. The van der Waals surface area contributed by atoms with Crippen LogP contribution in [0.1, 0.15) is 496 Å². The van der Waals surface area contributed by atoms with Crippen molar-refractivity contribution in [1.29, 1.82) is 0 Å². The average Bonchev–Trinajstić information content (AvgIpc) is 0.824. The van der Waals surface area contributed by atoms with Gasteiger partial charge in [0.2, 0.25) is 0 Å². The minimum absolute atomic E-state index is 0.172. The molecule has 125 heavy (non-hydrogen) atoms. The first-order valence-electron chi connectivity index (χ1n) is 49.5. The summed E-state index contributed by atoms with van der Waals surface area (Å²) in [6.45, 7) is 133. The Morgan fingerprint density at radius 1 is 0.144 bits per heavy atom. The maximum Gasteiger partial charge on any atom is 0.126 e. The average molecular weight is 1740 g/mol. The summed E-state index contributed by atoms with van der Waals surface area (Å²) in [5.74, 6) is 5.57. The Morgan fingerprint density at radius 3 is 0.256 bits per heavy atom. The molecule has 730 valence electrons. The zero-order chi connectivity index (χ0) is 100. The molecule has 0 N–H and O–H groups in total. The predicted octanol–water partition coefficient (Wildman–Crippen LogP) is 38.8. The lowest BCUT2D eigenvalue weighted by molar-refractivity contribution is 0.125. The summed E-state index contributed by atoms with van der Waals surface area (Å²) in [5.41, 5.74) is 21.8. The molecule has 0 aromatic heterocycles. The summed E-state index contributed by atoms with van der Waals surface area (Å²) in [5, 5.41) is 0. The van der Waals surface area contributed by atoms with E-state index in [1.54, 1.807) is 0 Å². The first-order chi connectivity index (χ1) is 55.4. The van der Waals surface area contributed by atoms with Crippen LogP contribution in [0.25, 0.3) is 0 Å². The lowest BCUT2D eigenvalue weighted by atomic mass is 9.83. The van der Waals surface area contributed by atoms with Crippen molar-refractivity contribution in [3.63, 3.8) is 0 Å². The second-order valence-electron chi connectivity index (χ2n) is 54.0. The van der Waals surface area contributed by atoms with Crippen molar-refractivity contribution in [2.75, 3.05) is 0 Å². The SMILES string of the molecule is CCC.CCC.CCC.CCC.CCC.Cc1cc(CC(C)(C)C)c(OC(C)(C)C)c(CC(C)(C)C)c1.Cc1cc(CC(C)(C)C)c(OC(C)(C)C)c(CC(C)(C)C)c1.Cc1cc(CC(C)(C)C)c(OC(C)(C)C)c(CC(C)(C)C)c1.Cc1cc(CC(C)(C)C)c(OC(C)(C)C)c(CC(C)(C)C)c1.Cc1cc(CC(C)(C)C)c(OC(C)(C)C)c(CC(C)(C)C)c1. The highest BCUT2D eigenvalue weighted by Gasteiger charge is 2.31. The van der Waals surface area contributed by atoms with Crippen LogP contribution in [0, 0.1) is 88.8 Å². The van der Waals surface area contributed by atoms with Crippen LogP contribution in [0.2, 0.25) is 0 Å². The van der Waals surface area contributed by atoms with Crippen molar-refractivity contribution >= 4 is 0 Å². The van der Waals surface area contributed by atoms with Gasteiger partial charge in [0.15, 0.2) is 0 Å². The van der Waals surface area contributed by atoms with Crippen molar-refractivity contribution in [3.05, 3.63) is 144 Å². The maximum absolute atomic E-state index is 6.41. The van der Waals surface area contributed by atoms with E-state index in [1.165, 1.54) is 116 Å². The van der Waals surface area contributed by atoms with Crippen LogP contribution >= 0.6 is 0 Å². The minimum Gasteiger partial charge on any atom is -0.488 e. The van der Waals surface area contributed by atoms with Gasteiger partial charge < -0.3 is 23.7 Å². The van der Waals surface area contributed by atoms with E-state index >= 15 is 0 Å². The van der Waals surface area contributed by atoms with Crippen molar-refractivity contribution in [2.45, 2.75) is 540 Å². The Morgan fingerprint density at radius 2 is 0.208 bits per heavy atom. The molecule has 0 aliphatic carbocycles. The second kappa shape index (κ2) is 54.2. The Kier molecular flexibility index (Phi) is 55.7. The molecule has 0 aliphatic rings. The van der Waals surface area contributed by atoms with E-state index in [9.17, 15) is 0 Å². The molecule has 5 aromatic rings. The van der Waals surface area contributed by atoms with Gasteiger partial charge >= 0.3 is 0 Å². The van der Waals surface area contributed by atoms with E-state index in [2.05, 4.69) is 476 Å². The fourth-order valence-corrected chi connectivity index (χ4v) is 13.9. The van der Waals surface area contributed by atoms with Crippen LogP contribution < -0.4 is 23.7 Å². The van der Waals surface area contributed by atoms with E-state index in [1.807, 2.05) is 0 Å². The van der Waals surface area contributed by atoms with Crippen LogP contribution in [0.15, 0.2) is 60.7 Å². The highest BCUT2D eigenvalue weighted by molar-refractivity contribution is 5.50. The van der Waals surface area contributed by atoms with E-state index < -0.39 is 0 Å². The van der Waals surface area contributed by atoms with Gasteiger partial charge in [-0.25, -0.2) is 0 Å². The quantitative estimate of drug-likeness (QED) is 0.105. The van der Waals surface area contributed by atoms with Gasteiger partial charge in [-0.3, -0.25) is 0 Å². The monoisotopic (exact) mass is 1740 g/mol. The van der Waals surface area contributed by atoms with Crippen LogP contribution in [0.3, 0.4) is 0 Å². The summed E-state index contributed by atoms with van der Waals surface area (Å²) < 4.78 is 32.1. The Balaban J connectivity index is -0.000000460. The van der Waals surface area contributed by atoms with Crippen molar-refractivity contribution in [2.24, 2.45) is 54.1 Å². The molecule has 0 heterocycles. The predicted molar refractivity (Wildman–Crippen MR) is 569 cm³/mol. The first-order valence-corrected chi connectivity index (χ1v) is 49.5. The van der Waals surface area contributed by atoms with Gasteiger partial charge in [0.05, 0.1) is 0 Å². The van der Waals surface area contributed by atoms with Crippen LogP contribution in [0.4, 0.5) is 0 Å². The third kappa shape index (κ3) is 72.5. The number of hydrogen-bond acceptors (Lipinski definition) is 5. The molecule has 0 aliphatic heterocycles. The largest absolute Gasteiger partial charge is 0.488 e. The molecule has 5 nitrogen and oxygen atoms in total. The van der Waals surface area contributed by atoms with E-state index in [-0.39, 0.29) is 82.2 Å². The summed E-state index contributed by atoms with van der Waals surface area (Å²) >= 11 is 0. The molecule has 0 saturated carbocycles. The standard InChI is InChI=1S/5C21H36O.5C3H8/c5*1-15-11-16(13-19(2,3)4)18(22-21(8,9)10)17(12-15)14-20(5,6)7;5*1-3-2/h5*11-12H,13-14H2,1-10H3;5*3H2,1-2H3. The fourth-order valence-electron chi connectivity index (χ4n) is 13.9. The second-order valence-corrected chi connectivity index (χ2v) is 54.0. The van der Waals surface area contributed by atoms with Crippen molar-refractivity contribution in [1.82, 2.24) is 0 Å². The molecule has 0 amide bonds. The Bertz CT molecular complexity index is 2990. The highest BCUT2D eigenvalue weighted by atomic mass is 16.5. The number of aryl methyl sites for hydroxylation is 5. The molecule has 0 saturated heterocycles. The molecule has 0 unspecified atom stereocenters. The Hall–Kier alpha value is -4.90. The summed E-state index contributed by atoms with van der Waals surface area (Å²) in [6.07, 6.45) is 16.6. The number of rotatable bonds is 15. The smallest absolute Gasteiger partial charge is 0.126 e. The van der Waals surface area contributed by atoms with E-state index in [0.29, 0.717) is 0 Å². The molecule has 0 spiro atoms. The number of hydrogen-bond donors (Lipinski definition) is 0. The zero-order valence-electron chi connectivity index (χ0n) is 95.9. The van der Waals surface area contributed by atoms with Gasteiger partial charge in [-0.2, -0.15) is 0 Å².